The molecule has 0 saturated carbocycles. The molecule has 0 aliphatic rings. The van der Waals surface area contributed by atoms with E-state index in [-0.39, 0.29) is 6.61 Å². The molecule has 5 nitrogen and oxygen atoms in total. The van der Waals surface area contributed by atoms with E-state index < -0.39 is 0 Å². The molecule has 5 heteroatoms. The highest BCUT2D eigenvalue weighted by Gasteiger charge is 2.11. The summed E-state index contributed by atoms with van der Waals surface area (Å²) in [5.74, 6) is 0.876. The van der Waals surface area contributed by atoms with Gasteiger partial charge in [0.15, 0.2) is 0 Å². The Kier molecular flexibility index (Phi) is 3.58. The summed E-state index contributed by atoms with van der Waals surface area (Å²) in [5.41, 5.74) is 1.81. The molecule has 0 aliphatic carbocycles. The Labute approximate surface area is 123 Å². The van der Waals surface area contributed by atoms with Crippen LogP contribution >= 0.6 is 0 Å². The van der Waals surface area contributed by atoms with Crippen molar-refractivity contribution >= 4 is 16.6 Å². The van der Waals surface area contributed by atoms with Gasteiger partial charge in [0.05, 0.1) is 18.5 Å². The van der Waals surface area contributed by atoms with E-state index in [0.717, 1.165) is 28.7 Å². The lowest BCUT2D eigenvalue weighted by molar-refractivity contribution is 0.277. The fraction of sp³-hybridized carbons (Fsp3) is 0.250. The molecular formula is C16H18N4O. The number of pyridine rings is 1. The summed E-state index contributed by atoms with van der Waals surface area (Å²) in [4.78, 5) is 6.65. The van der Waals surface area contributed by atoms with Crippen molar-refractivity contribution in [2.75, 3.05) is 11.9 Å². The molecule has 1 N–H and O–H groups in total. The first-order valence-corrected chi connectivity index (χ1v) is 6.85. The van der Waals surface area contributed by atoms with E-state index in [1.807, 2.05) is 50.8 Å². The predicted octanol–water partition coefficient (Wildman–Crippen LogP) is 2.10. The molecule has 21 heavy (non-hydrogen) atoms. The van der Waals surface area contributed by atoms with Crippen LogP contribution in [0.25, 0.3) is 10.8 Å². The van der Waals surface area contributed by atoms with Gasteiger partial charge in [0.2, 0.25) is 0 Å². The molecule has 3 aromatic rings. The molecule has 1 aromatic carbocycles. The van der Waals surface area contributed by atoms with Gasteiger partial charge in [0.25, 0.3) is 0 Å². The molecule has 0 saturated heterocycles. The molecule has 2 heterocycles. The number of hydrogen-bond acceptors (Lipinski definition) is 4. The van der Waals surface area contributed by atoms with Crippen LogP contribution in [-0.4, -0.2) is 26.9 Å². The van der Waals surface area contributed by atoms with Crippen LogP contribution in [0.5, 0.6) is 0 Å². The van der Waals surface area contributed by atoms with Crippen LogP contribution in [0.2, 0.25) is 0 Å². The fourth-order valence-electron chi connectivity index (χ4n) is 2.51. The monoisotopic (exact) mass is 282 g/mol. The maximum absolute atomic E-state index is 9.40. The van der Waals surface area contributed by atoms with Crippen LogP contribution in [0.3, 0.4) is 0 Å². The molecule has 0 amide bonds. The second-order valence-electron chi connectivity index (χ2n) is 5.19. The molecule has 108 valence electrons. The summed E-state index contributed by atoms with van der Waals surface area (Å²) >= 11 is 0. The number of aliphatic hydroxyl groups is 1. The Morgan fingerprint density at radius 1 is 1.29 bits per heavy atom. The molecule has 0 spiro atoms. The van der Waals surface area contributed by atoms with Gasteiger partial charge < -0.3 is 10.0 Å². The summed E-state index contributed by atoms with van der Waals surface area (Å²) in [7, 11) is 3.91. The third-order valence-electron chi connectivity index (χ3n) is 3.47. The number of hydrogen-bond donors (Lipinski definition) is 1. The predicted molar refractivity (Wildman–Crippen MR) is 83.0 cm³/mol. The Morgan fingerprint density at radius 3 is 2.81 bits per heavy atom. The van der Waals surface area contributed by atoms with E-state index in [4.69, 9.17) is 0 Å². The summed E-state index contributed by atoms with van der Waals surface area (Å²) < 4.78 is 1.79. The smallest absolute Gasteiger partial charge is 0.136 e. The summed E-state index contributed by atoms with van der Waals surface area (Å²) in [6, 6.07) is 10.0. The maximum atomic E-state index is 9.40. The normalized spacial score (nSPS) is 11.0. The van der Waals surface area contributed by atoms with Crippen LogP contribution in [-0.2, 0) is 20.2 Å². The van der Waals surface area contributed by atoms with E-state index in [1.54, 1.807) is 4.68 Å². The van der Waals surface area contributed by atoms with Gasteiger partial charge in [-0.3, -0.25) is 4.68 Å². The maximum Gasteiger partial charge on any atom is 0.136 e. The second-order valence-corrected chi connectivity index (χ2v) is 5.19. The van der Waals surface area contributed by atoms with Gasteiger partial charge in [0, 0.05) is 37.8 Å². The Morgan fingerprint density at radius 2 is 2.10 bits per heavy atom. The van der Waals surface area contributed by atoms with Crippen LogP contribution in [0.4, 0.5) is 5.82 Å². The number of benzene rings is 1. The largest absolute Gasteiger partial charge is 0.390 e. The van der Waals surface area contributed by atoms with E-state index in [2.05, 4.69) is 21.0 Å². The molecule has 0 radical (unpaired) electrons. The summed E-state index contributed by atoms with van der Waals surface area (Å²) in [6.45, 7) is 0.665. The number of fused-ring (bicyclic) bond motifs is 1. The molecule has 0 unspecified atom stereocenters. The zero-order chi connectivity index (χ0) is 14.8. The third-order valence-corrected chi connectivity index (χ3v) is 3.47. The first-order chi connectivity index (χ1) is 10.2. The van der Waals surface area contributed by atoms with Gasteiger partial charge >= 0.3 is 0 Å². The first-order valence-electron chi connectivity index (χ1n) is 6.85. The van der Waals surface area contributed by atoms with Gasteiger partial charge in [-0.2, -0.15) is 5.10 Å². The molecule has 2 aromatic heterocycles. The van der Waals surface area contributed by atoms with Crippen molar-refractivity contribution < 1.29 is 5.11 Å². The number of rotatable bonds is 4. The van der Waals surface area contributed by atoms with Crippen LogP contribution in [0.1, 0.15) is 11.3 Å². The summed E-state index contributed by atoms with van der Waals surface area (Å²) in [5, 5.41) is 15.8. The number of anilines is 1. The Hall–Kier alpha value is -2.40. The van der Waals surface area contributed by atoms with Crippen molar-refractivity contribution in [3.63, 3.8) is 0 Å². The summed E-state index contributed by atoms with van der Waals surface area (Å²) in [6.07, 6.45) is 3.85. The molecule has 0 aliphatic heterocycles. The van der Waals surface area contributed by atoms with Crippen molar-refractivity contribution in [1.29, 1.82) is 0 Å². The van der Waals surface area contributed by atoms with Crippen molar-refractivity contribution in [3.8, 4) is 0 Å². The van der Waals surface area contributed by atoms with E-state index >= 15 is 0 Å². The van der Waals surface area contributed by atoms with E-state index in [9.17, 15) is 5.11 Å². The topological polar surface area (TPSA) is 54.2 Å². The van der Waals surface area contributed by atoms with Crippen molar-refractivity contribution in [2.24, 2.45) is 7.05 Å². The lowest BCUT2D eigenvalue weighted by atomic mass is 10.1. The van der Waals surface area contributed by atoms with Crippen molar-refractivity contribution in [3.05, 3.63) is 54.0 Å². The van der Waals surface area contributed by atoms with Gasteiger partial charge in [-0.05, 0) is 11.5 Å². The lowest BCUT2D eigenvalue weighted by Crippen LogP contribution is -2.18. The highest BCUT2D eigenvalue weighted by atomic mass is 16.3. The van der Waals surface area contributed by atoms with Crippen molar-refractivity contribution in [1.82, 2.24) is 14.8 Å². The molecule has 0 atom stereocenters. The minimum absolute atomic E-state index is 0.0570. The van der Waals surface area contributed by atoms with Gasteiger partial charge in [-0.25, -0.2) is 4.98 Å². The average molecular weight is 282 g/mol. The zero-order valence-corrected chi connectivity index (χ0v) is 12.2. The zero-order valence-electron chi connectivity index (χ0n) is 12.2. The van der Waals surface area contributed by atoms with Gasteiger partial charge in [0.1, 0.15) is 5.82 Å². The van der Waals surface area contributed by atoms with E-state index in [0.29, 0.717) is 5.69 Å². The standard InChI is InChI=1S/C16H18N4O/c1-19(9-12-8-17-20(2)10-12)16-15-6-4-3-5-13(15)7-14(11-21)18-16/h3-8,10,21H,9,11H2,1-2H3. The number of nitrogens with zero attached hydrogens (tertiary/aromatic N) is 4. The Balaban J connectivity index is 2.01. The Bertz CT molecular complexity index is 766. The van der Waals surface area contributed by atoms with Crippen LogP contribution in [0, 0.1) is 0 Å². The lowest BCUT2D eigenvalue weighted by Gasteiger charge is -2.20. The molecule has 0 fully saturated rings. The highest BCUT2D eigenvalue weighted by molar-refractivity contribution is 5.92. The third kappa shape index (κ3) is 2.73. The van der Waals surface area contributed by atoms with Crippen LogP contribution < -0.4 is 4.90 Å². The minimum atomic E-state index is -0.0570. The molecular weight excluding hydrogens is 264 g/mol. The number of aromatic nitrogens is 3. The molecule has 3 rings (SSSR count). The second kappa shape index (κ2) is 5.54. The average Bonchev–Trinajstić information content (AvgIpc) is 2.91. The number of aryl methyl sites for hydroxylation is 1. The quantitative estimate of drug-likeness (QED) is 0.796. The minimum Gasteiger partial charge on any atom is -0.390 e. The first kappa shape index (κ1) is 13.6. The van der Waals surface area contributed by atoms with Gasteiger partial charge in [-0.1, -0.05) is 24.3 Å². The highest BCUT2D eigenvalue weighted by Crippen LogP contribution is 2.26. The molecule has 0 bridgehead atoms. The van der Waals surface area contributed by atoms with E-state index in [1.165, 1.54) is 0 Å². The van der Waals surface area contributed by atoms with Crippen LogP contribution in [0.15, 0.2) is 42.7 Å². The SMILES string of the molecule is CN(Cc1cnn(C)c1)c1nc(CO)cc2ccccc12. The van der Waals surface area contributed by atoms with Gasteiger partial charge in [-0.15, -0.1) is 0 Å². The fourth-order valence-corrected chi connectivity index (χ4v) is 2.51. The van der Waals surface area contributed by atoms with Crippen molar-refractivity contribution in [2.45, 2.75) is 13.2 Å². The number of aliphatic hydroxyl groups excluding tert-OH is 1.